The van der Waals surface area contributed by atoms with Gasteiger partial charge in [-0.15, -0.1) is 0 Å². The molecule has 0 spiro atoms. The molecule has 112 valence electrons. The van der Waals surface area contributed by atoms with Crippen molar-refractivity contribution in [2.45, 2.75) is 45.6 Å². The molecule has 1 fully saturated rings. The van der Waals surface area contributed by atoms with Gasteiger partial charge in [0, 0.05) is 11.6 Å². The minimum Gasteiger partial charge on any atom is -0.310 e. The highest BCUT2D eigenvalue weighted by Crippen LogP contribution is 2.41. The summed E-state index contributed by atoms with van der Waals surface area (Å²) in [6, 6.07) is 2.56. The van der Waals surface area contributed by atoms with Gasteiger partial charge in [0.25, 0.3) is 0 Å². The molecule has 0 radical (unpaired) electrons. The molecular weight excluding hydrogens is 324 g/mol. The number of hydrogen-bond donors (Lipinski definition) is 1. The van der Waals surface area contributed by atoms with Crippen LogP contribution < -0.4 is 5.32 Å². The van der Waals surface area contributed by atoms with Crippen LogP contribution in [0.15, 0.2) is 16.6 Å². The van der Waals surface area contributed by atoms with E-state index >= 15 is 0 Å². The van der Waals surface area contributed by atoms with E-state index in [2.05, 4.69) is 35.1 Å². The topological polar surface area (TPSA) is 12.0 Å². The van der Waals surface area contributed by atoms with Gasteiger partial charge in [0.15, 0.2) is 0 Å². The normalized spacial score (nSPS) is 24.1. The number of benzene rings is 1. The van der Waals surface area contributed by atoms with E-state index in [9.17, 15) is 8.78 Å². The Morgan fingerprint density at radius 1 is 1.35 bits per heavy atom. The summed E-state index contributed by atoms with van der Waals surface area (Å²) in [4.78, 5) is 0. The van der Waals surface area contributed by atoms with Gasteiger partial charge >= 0.3 is 0 Å². The molecule has 3 unspecified atom stereocenters. The standard InChI is InChI=1S/C16H22BrF2N/c1-3-8-20-16(11-5-4-10(2)9-11)14-13(18)7-6-12(17)15(14)19/h6-7,10-11,16,20H,3-5,8-9H2,1-2H3. The Hall–Kier alpha value is -0.480. The van der Waals surface area contributed by atoms with E-state index in [0.29, 0.717) is 16.3 Å². The Bertz CT molecular complexity index is 464. The van der Waals surface area contributed by atoms with Crippen molar-refractivity contribution in [3.8, 4) is 0 Å². The van der Waals surface area contributed by atoms with Crippen molar-refractivity contribution in [2.75, 3.05) is 6.54 Å². The highest BCUT2D eigenvalue weighted by molar-refractivity contribution is 9.10. The summed E-state index contributed by atoms with van der Waals surface area (Å²) in [5.74, 6) is 0.0519. The van der Waals surface area contributed by atoms with Gasteiger partial charge in [-0.25, -0.2) is 8.78 Å². The fourth-order valence-electron chi connectivity index (χ4n) is 3.19. The Morgan fingerprint density at radius 3 is 2.70 bits per heavy atom. The van der Waals surface area contributed by atoms with Crippen molar-refractivity contribution in [1.29, 1.82) is 0 Å². The van der Waals surface area contributed by atoms with E-state index in [-0.39, 0.29) is 11.6 Å². The van der Waals surface area contributed by atoms with Gasteiger partial charge in [-0.1, -0.05) is 20.3 Å². The Kier molecular flexibility index (Phi) is 5.56. The molecule has 1 nitrogen and oxygen atoms in total. The number of rotatable bonds is 5. The minimum absolute atomic E-state index is 0.201. The maximum Gasteiger partial charge on any atom is 0.145 e. The average Bonchev–Trinajstić information content (AvgIpc) is 2.84. The first-order valence-electron chi connectivity index (χ1n) is 7.41. The molecule has 0 amide bonds. The third-order valence-electron chi connectivity index (χ3n) is 4.21. The fraction of sp³-hybridized carbons (Fsp3) is 0.625. The van der Waals surface area contributed by atoms with Gasteiger partial charge in [0.2, 0.25) is 0 Å². The predicted molar refractivity (Wildman–Crippen MR) is 81.6 cm³/mol. The minimum atomic E-state index is -0.460. The van der Waals surface area contributed by atoms with Crippen LogP contribution in [0.3, 0.4) is 0 Å². The van der Waals surface area contributed by atoms with E-state index < -0.39 is 11.6 Å². The van der Waals surface area contributed by atoms with Crippen LogP contribution in [0.25, 0.3) is 0 Å². The quantitative estimate of drug-likeness (QED) is 0.722. The lowest BCUT2D eigenvalue weighted by molar-refractivity contribution is 0.337. The SMILES string of the molecule is CCCNC(c1c(F)ccc(Br)c1F)C1CCC(C)C1. The van der Waals surface area contributed by atoms with Crippen molar-refractivity contribution < 1.29 is 8.78 Å². The van der Waals surface area contributed by atoms with Crippen LogP contribution in [0, 0.1) is 23.5 Å². The lowest BCUT2D eigenvalue weighted by atomic mass is 9.90. The molecule has 0 bridgehead atoms. The summed E-state index contributed by atoms with van der Waals surface area (Å²) < 4.78 is 28.9. The second-order valence-corrected chi connectivity index (χ2v) is 6.72. The molecule has 1 N–H and O–H groups in total. The monoisotopic (exact) mass is 345 g/mol. The predicted octanol–water partition coefficient (Wildman–Crippen LogP) is 5.20. The molecule has 3 atom stereocenters. The van der Waals surface area contributed by atoms with Crippen LogP contribution in [0.4, 0.5) is 8.78 Å². The molecule has 2 rings (SSSR count). The van der Waals surface area contributed by atoms with Gasteiger partial charge in [-0.2, -0.15) is 0 Å². The van der Waals surface area contributed by atoms with Crippen molar-refractivity contribution in [3.63, 3.8) is 0 Å². The fourth-order valence-corrected chi connectivity index (χ4v) is 3.53. The van der Waals surface area contributed by atoms with Crippen LogP contribution in [-0.4, -0.2) is 6.54 Å². The zero-order chi connectivity index (χ0) is 14.7. The van der Waals surface area contributed by atoms with E-state index in [1.54, 1.807) is 0 Å². The van der Waals surface area contributed by atoms with E-state index in [1.807, 2.05) is 0 Å². The molecular formula is C16H22BrF2N. The van der Waals surface area contributed by atoms with Crippen LogP contribution in [0.1, 0.15) is 51.1 Å². The summed E-state index contributed by atoms with van der Waals surface area (Å²) >= 11 is 3.17. The number of halogens is 3. The third-order valence-corrected chi connectivity index (χ3v) is 4.82. The van der Waals surface area contributed by atoms with Gasteiger partial charge in [-0.3, -0.25) is 0 Å². The Morgan fingerprint density at radius 2 is 2.10 bits per heavy atom. The van der Waals surface area contributed by atoms with Gasteiger partial charge in [0.05, 0.1) is 4.47 Å². The lowest BCUT2D eigenvalue weighted by Crippen LogP contribution is -2.30. The zero-order valence-electron chi connectivity index (χ0n) is 12.1. The average molecular weight is 346 g/mol. The van der Waals surface area contributed by atoms with Crippen LogP contribution in [0.5, 0.6) is 0 Å². The highest BCUT2D eigenvalue weighted by Gasteiger charge is 2.33. The molecule has 4 heteroatoms. The molecule has 1 saturated carbocycles. The zero-order valence-corrected chi connectivity index (χ0v) is 13.6. The maximum absolute atomic E-state index is 14.4. The lowest BCUT2D eigenvalue weighted by Gasteiger charge is -2.26. The van der Waals surface area contributed by atoms with Gasteiger partial charge in [-0.05, 0) is 65.7 Å². The van der Waals surface area contributed by atoms with Gasteiger partial charge in [0.1, 0.15) is 11.6 Å². The molecule has 1 aromatic carbocycles. The number of hydrogen-bond acceptors (Lipinski definition) is 1. The van der Waals surface area contributed by atoms with E-state index in [4.69, 9.17) is 0 Å². The summed E-state index contributed by atoms with van der Waals surface area (Å²) in [6.45, 7) is 5.06. The van der Waals surface area contributed by atoms with E-state index in [0.717, 1.165) is 32.2 Å². The Balaban J connectivity index is 2.33. The molecule has 0 aromatic heterocycles. The molecule has 1 aliphatic carbocycles. The van der Waals surface area contributed by atoms with Crippen LogP contribution >= 0.6 is 15.9 Å². The highest BCUT2D eigenvalue weighted by atomic mass is 79.9. The molecule has 0 saturated heterocycles. The first-order valence-corrected chi connectivity index (χ1v) is 8.20. The molecule has 1 aromatic rings. The molecule has 0 aliphatic heterocycles. The molecule has 0 heterocycles. The number of nitrogens with one attached hydrogen (secondary N) is 1. The van der Waals surface area contributed by atoms with Crippen molar-refractivity contribution in [2.24, 2.45) is 11.8 Å². The van der Waals surface area contributed by atoms with Crippen LogP contribution in [0.2, 0.25) is 0 Å². The summed E-state index contributed by atoms with van der Waals surface area (Å²) in [7, 11) is 0. The molecule has 1 aliphatic rings. The first-order chi connectivity index (χ1) is 9.54. The summed E-state index contributed by atoms with van der Waals surface area (Å²) in [6.07, 6.45) is 4.17. The Labute approximate surface area is 128 Å². The first kappa shape index (κ1) is 15.9. The van der Waals surface area contributed by atoms with E-state index in [1.165, 1.54) is 12.1 Å². The van der Waals surface area contributed by atoms with Crippen LogP contribution in [-0.2, 0) is 0 Å². The second kappa shape index (κ2) is 6.99. The summed E-state index contributed by atoms with van der Waals surface area (Å²) in [5, 5.41) is 3.36. The van der Waals surface area contributed by atoms with Crippen molar-refractivity contribution >= 4 is 15.9 Å². The second-order valence-electron chi connectivity index (χ2n) is 5.87. The largest absolute Gasteiger partial charge is 0.310 e. The molecule has 20 heavy (non-hydrogen) atoms. The van der Waals surface area contributed by atoms with Crippen molar-refractivity contribution in [1.82, 2.24) is 5.32 Å². The van der Waals surface area contributed by atoms with Gasteiger partial charge < -0.3 is 5.32 Å². The maximum atomic E-state index is 14.4. The van der Waals surface area contributed by atoms with Crippen molar-refractivity contribution in [3.05, 3.63) is 33.8 Å². The smallest absolute Gasteiger partial charge is 0.145 e. The summed E-state index contributed by atoms with van der Waals surface area (Å²) in [5.41, 5.74) is 0.201. The third kappa shape index (κ3) is 3.40.